The molecule has 1 heterocycles. The minimum absolute atomic E-state index is 0.148. The molecule has 1 aromatic heterocycles. The molecule has 2 aromatic carbocycles. The molecule has 8 nitrogen and oxygen atoms in total. The Morgan fingerprint density at radius 1 is 1.19 bits per heavy atom. The molecule has 0 fully saturated rings. The zero-order chi connectivity index (χ0) is 19.6. The SMILES string of the molecule is COc1ccc(Cn2nnc(C(=O)c3c(C)cccc3N)c2C(=O)O)cc1. The summed E-state index contributed by atoms with van der Waals surface area (Å²) in [6.07, 6.45) is 0. The second-order valence-electron chi connectivity index (χ2n) is 5.97. The Kier molecular flexibility index (Phi) is 4.89. The average molecular weight is 366 g/mol. The molecule has 3 rings (SSSR count). The minimum Gasteiger partial charge on any atom is -0.497 e. The third kappa shape index (κ3) is 3.50. The molecule has 27 heavy (non-hydrogen) atoms. The van der Waals surface area contributed by atoms with E-state index in [1.165, 1.54) is 4.68 Å². The molecule has 0 saturated heterocycles. The van der Waals surface area contributed by atoms with Crippen molar-refractivity contribution in [3.8, 4) is 5.75 Å². The summed E-state index contributed by atoms with van der Waals surface area (Å²) in [5.74, 6) is -1.17. The summed E-state index contributed by atoms with van der Waals surface area (Å²) in [4.78, 5) is 24.7. The van der Waals surface area contributed by atoms with Crippen molar-refractivity contribution in [2.45, 2.75) is 13.5 Å². The van der Waals surface area contributed by atoms with Crippen LogP contribution in [0.1, 0.15) is 37.7 Å². The molecule has 3 N–H and O–H groups in total. The molecule has 0 atom stereocenters. The van der Waals surface area contributed by atoms with Gasteiger partial charge in [-0.05, 0) is 36.2 Å². The van der Waals surface area contributed by atoms with Gasteiger partial charge < -0.3 is 15.6 Å². The zero-order valence-corrected chi connectivity index (χ0v) is 14.8. The van der Waals surface area contributed by atoms with Crippen LogP contribution in [-0.2, 0) is 6.54 Å². The second kappa shape index (κ2) is 7.28. The maximum atomic E-state index is 12.9. The van der Waals surface area contributed by atoms with Gasteiger partial charge in [-0.1, -0.05) is 29.5 Å². The number of anilines is 1. The number of carboxylic acids is 1. The van der Waals surface area contributed by atoms with E-state index < -0.39 is 11.8 Å². The summed E-state index contributed by atoms with van der Waals surface area (Å²) in [6.45, 7) is 1.88. The van der Waals surface area contributed by atoms with Crippen molar-refractivity contribution in [1.29, 1.82) is 0 Å². The molecule has 0 aliphatic heterocycles. The average Bonchev–Trinajstić information content (AvgIpc) is 3.06. The summed E-state index contributed by atoms with van der Waals surface area (Å²) in [7, 11) is 1.56. The highest BCUT2D eigenvalue weighted by molar-refractivity contribution is 6.15. The van der Waals surface area contributed by atoms with Crippen molar-refractivity contribution in [1.82, 2.24) is 15.0 Å². The molecule has 0 aliphatic carbocycles. The van der Waals surface area contributed by atoms with E-state index in [0.717, 1.165) is 5.56 Å². The van der Waals surface area contributed by atoms with Crippen molar-refractivity contribution in [3.05, 3.63) is 70.5 Å². The number of benzene rings is 2. The van der Waals surface area contributed by atoms with Crippen LogP contribution in [0.25, 0.3) is 0 Å². The minimum atomic E-state index is -1.29. The first-order chi connectivity index (χ1) is 12.9. The summed E-state index contributed by atoms with van der Waals surface area (Å²) >= 11 is 0. The molecule has 138 valence electrons. The maximum Gasteiger partial charge on any atom is 0.356 e. The quantitative estimate of drug-likeness (QED) is 0.506. The van der Waals surface area contributed by atoms with Crippen molar-refractivity contribution in [2.75, 3.05) is 12.8 Å². The highest BCUT2D eigenvalue weighted by Gasteiger charge is 2.28. The number of aryl methyl sites for hydroxylation is 1. The van der Waals surface area contributed by atoms with Crippen molar-refractivity contribution in [3.63, 3.8) is 0 Å². The lowest BCUT2D eigenvalue weighted by Gasteiger charge is -2.08. The standard InChI is InChI=1S/C19H18N4O4/c1-11-4-3-5-14(20)15(11)18(24)16-17(19(25)26)23(22-21-16)10-12-6-8-13(27-2)9-7-12/h3-9H,10,20H2,1-2H3,(H,25,26). The van der Waals surface area contributed by atoms with Gasteiger partial charge in [0.1, 0.15) is 5.75 Å². The second-order valence-corrected chi connectivity index (χ2v) is 5.97. The van der Waals surface area contributed by atoms with Gasteiger partial charge in [-0.15, -0.1) is 5.10 Å². The number of ether oxygens (including phenoxy) is 1. The fraction of sp³-hybridized carbons (Fsp3) is 0.158. The van der Waals surface area contributed by atoms with Crippen LogP contribution in [-0.4, -0.2) is 39.0 Å². The lowest BCUT2D eigenvalue weighted by Crippen LogP contribution is -2.16. The van der Waals surface area contributed by atoms with E-state index in [1.54, 1.807) is 56.5 Å². The molecule has 0 unspecified atom stereocenters. The van der Waals surface area contributed by atoms with Gasteiger partial charge in [0.25, 0.3) is 0 Å². The van der Waals surface area contributed by atoms with Gasteiger partial charge >= 0.3 is 5.97 Å². The molecule has 3 aromatic rings. The van der Waals surface area contributed by atoms with Crippen molar-refractivity contribution >= 4 is 17.4 Å². The number of carbonyl (C=O) groups is 2. The molecule has 0 aliphatic rings. The maximum absolute atomic E-state index is 12.9. The van der Waals surface area contributed by atoms with Gasteiger partial charge in [0.2, 0.25) is 5.78 Å². The third-order valence-electron chi connectivity index (χ3n) is 4.18. The van der Waals surface area contributed by atoms with Crippen LogP contribution in [0.15, 0.2) is 42.5 Å². The molecule has 8 heteroatoms. The number of ketones is 1. The van der Waals surface area contributed by atoms with Crippen LogP contribution < -0.4 is 10.5 Å². The van der Waals surface area contributed by atoms with Crippen LogP contribution in [0, 0.1) is 6.92 Å². The predicted octanol–water partition coefficient (Wildman–Crippen LogP) is 2.15. The lowest BCUT2D eigenvalue weighted by molar-refractivity contribution is 0.0679. The number of hydrogen-bond donors (Lipinski definition) is 2. The summed E-state index contributed by atoms with van der Waals surface area (Å²) in [5.41, 5.74) is 7.32. The number of carboxylic acid groups (broad SMARTS) is 1. The number of aromatic carboxylic acids is 1. The fourth-order valence-electron chi connectivity index (χ4n) is 2.81. The number of rotatable bonds is 6. The van der Waals surface area contributed by atoms with Gasteiger partial charge in [0.05, 0.1) is 19.2 Å². The van der Waals surface area contributed by atoms with Crippen LogP contribution in [0.5, 0.6) is 5.75 Å². The number of aromatic nitrogens is 3. The number of nitrogens with two attached hydrogens (primary N) is 1. The lowest BCUT2D eigenvalue weighted by atomic mass is 9.99. The predicted molar refractivity (Wildman–Crippen MR) is 98.1 cm³/mol. The molecular formula is C19H18N4O4. The Labute approximate surface area is 155 Å². The monoisotopic (exact) mass is 366 g/mol. The van der Waals surface area contributed by atoms with Crippen LogP contribution >= 0.6 is 0 Å². The fourth-order valence-corrected chi connectivity index (χ4v) is 2.81. The summed E-state index contributed by atoms with van der Waals surface area (Å²) in [6, 6.07) is 12.1. The van der Waals surface area contributed by atoms with E-state index in [9.17, 15) is 14.7 Å². The molecule has 0 bridgehead atoms. The topological polar surface area (TPSA) is 120 Å². The Morgan fingerprint density at radius 3 is 2.48 bits per heavy atom. The van der Waals surface area contributed by atoms with E-state index in [-0.39, 0.29) is 29.2 Å². The smallest absolute Gasteiger partial charge is 0.356 e. The van der Waals surface area contributed by atoms with E-state index in [4.69, 9.17) is 10.5 Å². The first kappa shape index (κ1) is 18.1. The van der Waals surface area contributed by atoms with E-state index in [0.29, 0.717) is 11.3 Å². The number of carbonyl (C=O) groups excluding carboxylic acids is 1. The highest BCUT2D eigenvalue weighted by Crippen LogP contribution is 2.22. The van der Waals surface area contributed by atoms with Gasteiger partial charge in [-0.3, -0.25) is 4.79 Å². The Bertz CT molecular complexity index is 989. The Balaban J connectivity index is 2.00. The van der Waals surface area contributed by atoms with Gasteiger partial charge in [0, 0.05) is 5.69 Å². The Hall–Kier alpha value is -3.68. The third-order valence-corrected chi connectivity index (χ3v) is 4.18. The molecular weight excluding hydrogens is 348 g/mol. The van der Waals surface area contributed by atoms with E-state index in [2.05, 4.69) is 10.3 Å². The number of nitrogens with zero attached hydrogens (tertiary/aromatic N) is 3. The van der Waals surface area contributed by atoms with Crippen molar-refractivity contribution in [2.24, 2.45) is 0 Å². The number of nitrogen functional groups attached to an aromatic ring is 1. The summed E-state index contributed by atoms with van der Waals surface area (Å²) in [5, 5.41) is 17.3. The largest absolute Gasteiger partial charge is 0.497 e. The first-order valence-electron chi connectivity index (χ1n) is 8.12. The molecule has 0 radical (unpaired) electrons. The van der Waals surface area contributed by atoms with E-state index >= 15 is 0 Å². The van der Waals surface area contributed by atoms with Crippen LogP contribution in [0.2, 0.25) is 0 Å². The van der Waals surface area contributed by atoms with E-state index in [1.807, 2.05) is 0 Å². The van der Waals surface area contributed by atoms with Crippen LogP contribution in [0.4, 0.5) is 5.69 Å². The van der Waals surface area contributed by atoms with Gasteiger partial charge in [-0.25, -0.2) is 9.48 Å². The summed E-state index contributed by atoms with van der Waals surface area (Å²) < 4.78 is 6.29. The highest BCUT2D eigenvalue weighted by atomic mass is 16.5. The number of methoxy groups -OCH3 is 1. The number of hydrogen-bond acceptors (Lipinski definition) is 6. The molecule has 0 saturated carbocycles. The van der Waals surface area contributed by atoms with Crippen molar-refractivity contribution < 1.29 is 19.4 Å². The normalized spacial score (nSPS) is 10.6. The molecule has 0 amide bonds. The first-order valence-corrected chi connectivity index (χ1v) is 8.12. The Morgan fingerprint density at radius 2 is 1.89 bits per heavy atom. The van der Waals surface area contributed by atoms with Gasteiger partial charge in [0.15, 0.2) is 11.4 Å². The van der Waals surface area contributed by atoms with Gasteiger partial charge in [-0.2, -0.15) is 0 Å². The van der Waals surface area contributed by atoms with Crippen LogP contribution in [0.3, 0.4) is 0 Å². The zero-order valence-electron chi connectivity index (χ0n) is 14.8. The molecule has 0 spiro atoms.